The van der Waals surface area contributed by atoms with Crippen molar-refractivity contribution < 1.29 is 0 Å². The van der Waals surface area contributed by atoms with Crippen LogP contribution < -0.4 is 5.32 Å². The van der Waals surface area contributed by atoms with Gasteiger partial charge in [-0.1, -0.05) is 39.5 Å². The summed E-state index contributed by atoms with van der Waals surface area (Å²) in [6.07, 6.45) is 7.54. The van der Waals surface area contributed by atoms with Gasteiger partial charge in [-0.15, -0.1) is 23.2 Å². The molecule has 0 unspecified atom stereocenters. The normalized spacial score (nSPS) is 12.0. The Morgan fingerprint density at radius 2 is 1.53 bits per heavy atom. The van der Waals surface area contributed by atoms with E-state index in [0.717, 1.165) is 13.0 Å². The van der Waals surface area contributed by atoms with Crippen LogP contribution in [-0.2, 0) is 0 Å². The molecule has 0 aromatic rings. The van der Waals surface area contributed by atoms with Crippen molar-refractivity contribution in [2.75, 3.05) is 18.3 Å². The molecule has 0 heterocycles. The van der Waals surface area contributed by atoms with Gasteiger partial charge in [0.2, 0.25) is 0 Å². The molecule has 1 nitrogen and oxygen atoms in total. The van der Waals surface area contributed by atoms with Gasteiger partial charge in [-0.25, -0.2) is 0 Å². The molecule has 0 radical (unpaired) electrons. The van der Waals surface area contributed by atoms with Crippen molar-refractivity contribution in [1.82, 2.24) is 5.32 Å². The molecule has 0 aromatic carbocycles. The Labute approximate surface area is 105 Å². The van der Waals surface area contributed by atoms with E-state index in [1.807, 2.05) is 0 Å². The Hall–Kier alpha value is 0.540. The minimum absolute atomic E-state index is 0.0478. The first-order valence-corrected chi connectivity index (χ1v) is 7.18. The minimum atomic E-state index is -0.0478. The van der Waals surface area contributed by atoms with Crippen LogP contribution in [0.15, 0.2) is 0 Å². The van der Waals surface area contributed by atoms with Crippen molar-refractivity contribution in [3.8, 4) is 0 Å². The van der Waals surface area contributed by atoms with Crippen LogP contribution in [0.5, 0.6) is 0 Å². The Morgan fingerprint density at radius 3 is 2.00 bits per heavy atom. The first-order chi connectivity index (χ1) is 7.24. The van der Waals surface area contributed by atoms with Crippen LogP contribution in [0.4, 0.5) is 0 Å². The smallest absolute Gasteiger partial charge is 0.0451 e. The molecule has 92 valence electrons. The molecule has 3 heteroatoms. The molecular formula is C12H25Cl2N. The summed E-state index contributed by atoms with van der Waals surface area (Å²) < 4.78 is 0. The van der Waals surface area contributed by atoms with Gasteiger partial charge in [0, 0.05) is 17.3 Å². The summed E-state index contributed by atoms with van der Waals surface area (Å²) in [5, 5.41) is 3.50. The Bertz CT molecular complexity index is 127. The highest BCUT2D eigenvalue weighted by Gasteiger charge is 2.24. The van der Waals surface area contributed by atoms with Crippen molar-refractivity contribution in [3.05, 3.63) is 0 Å². The zero-order chi connectivity index (χ0) is 11.6. The molecule has 0 aliphatic carbocycles. The third-order valence-corrected chi connectivity index (χ3v) is 3.99. The van der Waals surface area contributed by atoms with E-state index in [1.165, 1.54) is 32.1 Å². The molecule has 0 saturated carbocycles. The van der Waals surface area contributed by atoms with E-state index in [-0.39, 0.29) is 5.54 Å². The highest BCUT2D eigenvalue weighted by molar-refractivity contribution is 6.22. The average Bonchev–Trinajstić information content (AvgIpc) is 2.29. The topological polar surface area (TPSA) is 12.0 Å². The molecule has 0 aliphatic rings. The second-order valence-corrected chi connectivity index (χ2v) is 4.78. The zero-order valence-corrected chi connectivity index (χ0v) is 11.6. The van der Waals surface area contributed by atoms with Crippen LogP contribution in [0.1, 0.15) is 52.4 Å². The van der Waals surface area contributed by atoms with Crippen LogP contribution in [0.3, 0.4) is 0 Å². The molecule has 1 N–H and O–H groups in total. The van der Waals surface area contributed by atoms with Crippen LogP contribution in [0.2, 0.25) is 0 Å². The van der Waals surface area contributed by atoms with Gasteiger partial charge in [0.15, 0.2) is 0 Å². The fourth-order valence-corrected chi connectivity index (χ4v) is 2.38. The van der Waals surface area contributed by atoms with Crippen LogP contribution in [0, 0.1) is 0 Å². The highest BCUT2D eigenvalue weighted by atomic mass is 35.5. The molecule has 0 rings (SSSR count). The number of halogens is 2. The first kappa shape index (κ1) is 15.5. The maximum atomic E-state index is 5.94. The van der Waals surface area contributed by atoms with E-state index < -0.39 is 0 Å². The van der Waals surface area contributed by atoms with E-state index in [0.29, 0.717) is 11.8 Å². The van der Waals surface area contributed by atoms with E-state index >= 15 is 0 Å². The van der Waals surface area contributed by atoms with Crippen LogP contribution in [0.25, 0.3) is 0 Å². The SMILES string of the molecule is CCCCCCCNC(CC)(CCl)CCl. The van der Waals surface area contributed by atoms with Gasteiger partial charge in [-0.05, 0) is 19.4 Å². The van der Waals surface area contributed by atoms with E-state index in [9.17, 15) is 0 Å². The summed E-state index contributed by atoms with van der Waals surface area (Å²) in [4.78, 5) is 0. The third-order valence-electron chi connectivity index (χ3n) is 2.97. The summed E-state index contributed by atoms with van der Waals surface area (Å²) in [5.41, 5.74) is -0.0478. The molecular weight excluding hydrogens is 229 g/mol. The van der Waals surface area contributed by atoms with Gasteiger partial charge >= 0.3 is 0 Å². The molecule has 0 aliphatic heterocycles. The molecule has 0 amide bonds. The second kappa shape index (κ2) is 9.74. The molecule has 15 heavy (non-hydrogen) atoms. The average molecular weight is 254 g/mol. The van der Waals surface area contributed by atoms with E-state index in [1.54, 1.807) is 0 Å². The second-order valence-electron chi connectivity index (χ2n) is 4.24. The number of hydrogen-bond donors (Lipinski definition) is 1. The predicted molar refractivity (Wildman–Crippen MR) is 71.2 cm³/mol. The lowest BCUT2D eigenvalue weighted by Crippen LogP contribution is -2.48. The molecule has 0 atom stereocenters. The van der Waals surface area contributed by atoms with Gasteiger partial charge in [0.25, 0.3) is 0 Å². The summed E-state index contributed by atoms with van der Waals surface area (Å²) in [6, 6.07) is 0. The summed E-state index contributed by atoms with van der Waals surface area (Å²) in [5.74, 6) is 1.20. The highest BCUT2D eigenvalue weighted by Crippen LogP contribution is 2.15. The molecule has 0 bridgehead atoms. The van der Waals surface area contributed by atoms with Crippen LogP contribution in [-0.4, -0.2) is 23.8 Å². The zero-order valence-electron chi connectivity index (χ0n) is 10.1. The Morgan fingerprint density at radius 1 is 0.933 bits per heavy atom. The maximum absolute atomic E-state index is 5.94. The monoisotopic (exact) mass is 253 g/mol. The minimum Gasteiger partial charge on any atom is -0.309 e. The lowest BCUT2D eigenvalue weighted by Gasteiger charge is -2.29. The maximum Gasteiger partial charge on any atom is 0.0451 e. The quantitative estimate of drug-likeness (QED) is 0.455. The predicted octanol–water partition coefficient (Wildman–Crippen LogP) is 4.17. The first-order valence-electron chi connectivity index (χ1n) is 6.11. The largest absolute Gasteiger partial charge is 0.309 e. The van der Waals surface area contributed by atoms with Gasteiger partial charge in [-0.3, -0.25) is 0 Å². The Balaban J connectivity index is 3.54. The molecule has 0 spiro atoms. The lowest BCUT2D eigenvalue weighted by atomic mass is 10.0. The molecule has 0 fully saturated rings. The Kier molecular flexibility index (Phi) is 10.1. The number of alkyl halides is 2. The summed E-state index contributed by atoms with van der Waals surface area (Å²) in [6.45, 7) is 5.41. The third kappa shape index (κ3) is 6.65. The van der Waals surface area contributed by atoms with E-state index in [4.69, 9.17) is 23.2 Å². The molecule has 0 aromatic heterocycles. The van der Waals surface area contributed by atoms with Crippen molar-refractivity contribution in [1.29, 1.82) is 0 Å². The summed E-state index contributed by atoms with van der Waals surface area (Å²) in [7, 11) is 0. The fourth-order valence-electron chi connectivity index (χ4n) is 1.53. The number of rotatable bonds is 10. The number of nitrogens with one attached hydrogen (secondary N) is 1. The fraction of sp³-hybridized carbons (Fsp3) is 1.00. The van der Waals surface area contributed by atoms with Gasteiger partial charge < -0.3 is 5.32 Å². The van der Waals surface area contributed by atoms with Crippen LogP contribution >= 0.6 is 23.2 Å². The number of hydrogen-bond acceptors (Lipinski definition) is 1. The number of unbranched alkanes of at least 4 members (excludes halogenated alkanes) is 4. The lowest BCUT2D eigenvalue weighted by molar-refractivity contribution is 0.380. The van der Waals surface area contributed by atoms with Crippen molar-refractivity contribution >= 4 is 23.2 Å². The standard InChI is InChI=1S/C12H25Cl2N/c1-3-5-6-7-8-9-15-12(4-2,10-13)11-14/h15H,3-11H2,1-2H3. The van der Waals surface area contributed by atoms with Gasteiger partial charge in [-0.2, -0.15) is 0 Å². The van der Waals surface area contributed by atoms with Crippen molar-refractivity contribution in [2.45, 2.75) is 57.9 Å². The van der Waals surface area contributed by atoms with Crippen molar-refractivity contribution in [3.63, 3.8) is 0 Å². The van der Waals surface area contributed by atoms with Gasteiger partial charge in [0.1, 0.15) is 0 Å². The van der Waals surface area contributed by atoms with Gasteiger partial charge in [0.05, 0.1) is 0 Å². The molecule has 0 saturated heterocycles. The van der Waals surface area contributed by atoms with Crippen molar-refractivity contribution in [2.24, 2.45) is 0 Å². The van der Waals surface area contributed by atoms with E-state index in [2.05, 4.69) is 19.2 Å². The summed E-state index contributed by atoms with van der Waals surface area (Å²) >= 11 is 11.9.